The summed E-state index contributed by atoms with van der Waals surface area (Å²) in [7, 11) is 0. The van der Waals surface area contributed by atoms with Gasteiger partial charge in [-0.3, -0.25) is 9.78 Å². The number of hydrogen-bond acceptors (Lipinski definition) is 6. The summed E-state index contributed by atoms with van der Waals surface area (Å²) in [5.74, 6) is 0. The molecular weight excluding hydrogens is 334 g/mol. The summed E-state index contributed by atoms with van der Waals surface area (Å²) < 4.78 is 5.38. The Morgan fingerprint density at radius 3 is 2.35 bits per heavy atom. The minimum Gasteiger partial charge on any atom is -0.444 e. The standard InChI is InChI=1S/C16H21N5O3.C2H6/c1-16(2,3)24-15(23)21-8-6-20(7-9-21)12-10-11-13(19-14(12)22)18-5-4-17-11;1-2/h4-5,10H,6-9H2,1-3H3,(H,18,19,22);1-2H3. The Balaban J connectivity index is 0.00000117. The van der Waals surface area contributed by atoms with Crippen LogP contribution in [0.3, 0.4) is 0 Å². The molecule has 0 aliphatic carbocycles. The molecule has 1 aliphatic heterocycles. The summed E-state index contributed by atoms with van der Waals surface area (Å²) in [6.45, 7) is 11.7. The molecule has 0 aromatic carbocycles. The number of H-pyrrole nitrogens is 1. The Morgan fingerprint density at radius 1 is 1.12 bits per heavy atom. The normalized spacial score (nSPS) is 14.7. The SMILES string of the molecule is CC.CC(C)(C)OC(=O)N1CCN(c2cc3nccnc3[nH]c2=O)CC1. The lowest BCUT2D eigenvalue weighted by Gasteiger charge is -2.36. The van der Waals surface area contributed by atoms with Crippen LogP contribution >= 0.6 is 0 Å². The number of rotatable bonds is 1. The number of aromatic amines is 1. The Kier molecular flexibility index (Phi) is 6.18. The number of carbonyl (C=O) groups is 1. The Morgan fingerprint density at radius 2 is 1.73 bits per heavy atom. The third kappa shape index (κ3) is 4.71. The number of hydrogen-bond donors (Lipinski definition) is 1. The smallest absolute Gasteiger partial charge is 0.410 e. The van der Waals surface area contributed by atoms with Crippen LogP contribution in [0, 0.1) is 0 Å². The minimum atomic E-state index is -0.512. The van der Waals surface area contributed by atoms with E-state index in [1.165, 1.54) is 6.20 Å². The average molecular weight is 361 g/mol. The molecule has 1 fully saturated rings. The summed E-state index contributed by atoms with van der Waals surface area (Å²) in [5.41, 5.74) is 0.948. The highest BCUT2D eigenvalue weighted by molar-refractivity contribution is 5.74. The number of ether oxygens (including phenoxy) is 1. The lowest BCUT2D eigenvalue weighted by Crippen LogP contribution is -2.51. The van der Waals surface area contributed by atoms with Gasteiger partial charge in [0.1, 0.15) is 16.8 Å². The van der Waals surface area contributed by atoms with Gasteiger partial charge in [0.2, 0.25) is 0 Å². The average Bonchev–Trinajstić information content (AvgIpc) is 2.61. The molecule has 142 valence electrons. The highest BCUT2D eigenvalue weighted by atomic mass is 16.6. The second-order valence-corrected chi connectivity index (χ2v) is 6.73. The van der Waals surface area contributed by atoms with E-state index in [0.29, 0.717) is 43.0 Å². The summed E-state index contributed by atoms with van der Waals surface area (Å²) in [6, 6.07) is 1.74. The number of anilines is 1. The zero-order valence-corrected chi connectivity index (χ0v) is 16.1. The fraction of sp³-hybridized carbons (Fsp3) is 0.556. The topological polar surface area (TPSA) is 91.4 Å². The van der Waals surface area contributed by atoms with Gasteiger partial charge in [-0.05, 0) is 26.8 Å². The monoisotopic (exact) mass is 361 g/mol. The molecule has 8 nitrogen and oxygen atoms in total. The number of pyridine rings is 1. The van der Waals surface area contributed by atoms with Crippen molar-refractivity contribution in [2.75, 3.05) is 31.1 Å². The van der Waals surface area contributed by atoms with Gasteiger partial charge in [0.15, 0.2) is 5.65 Å². The first kappa shape index (κ1) is 19.7. The molecule has 1 N–H and O–H groups in total. The van der Waals surface area contributed by atoms with E-state index in [9.17, 15) is 9.59 Å². The zero-order valence-electron chi connectivity index (χ0n) is 16.1. The predicted molar refractivity (Wildman–Crippen MR) is 102 cm³/mol. The molecule has 0 unspecified atom stereocenters. The van der Waals surface area contributed by atoms with Crippen molar-refractivity contribution in [2.45, 2.75) is 40.2 Å². The van der Waals surface area contributed by atoms with Crippen molar-refractivity contribution in [3.63, 3.8) is 0 Å². The summed E-state index contributed by atoms with van der Waals surface area (Å²) in [5, 5.41) is 0. The van der Waals surface area contributed by atoms with E-state index in [1.807, 2.05) is 39.5 Å². The van der Waals surface area contributed by atoms with Crippen molar-refractivity contribution in [2.24, 2.45) is 0 Å². The number of nitrogens with one attached hydrogen (secondary N) is 1. The summed E-state index contributed by atoms with van der Waals surface area (Å²) in [6.07, 6.45) is 2.81. The second-order valence-electron chi connectivity index (χ2n) is 6.73. The van der Waals surface area contributed by atoms with Gasteiger partial charge in [0.05, 0.1) is 0 Å². The molecule has 2 aromatic rings. The van der Waals surface area contributed by atoms with Gasteiger partial charge < -0.3 is 19.5 Å². The quantitative estimate of drug-likeness (QED) is 0.839. The van der Waals surface area contributed by atoms with Gasteiger partial charge in [-0.1, -0.05) is 13.8 Å². The molecule has 1 amide bonds. The maximum Gasteiger partial charge on any atom is 0.410 e. The Labute approximate surface area is 153 Å². The van der Waals surface area contributed by atoms with Crippen LogP contribution in [0.5, 0.6) is 0 Å². The van der Waals surface area contributed by atoms with Crippen molar-refractivity contribution in [1.29, 1.82) is 0 Å². The molecular formula is C18H27N5O3. The van der Waals surface area contributed by atoms with E-state index in [-0.39, 0.29) is 11.7 Å². The van der Waals surface area contributed by atoms with Gasteiger partial charge in [-0.15, -0.1) is 0 Å². The minimum absolute atomic E-state index is 0.200. The van der Waals surface area contributed by atoms with Gasteiger partial charge in [0.25, 0.3) is 5.56 Å². The first-order valence-electron chi connectivity index (χ1n) is 8.90. The van der Waals surface area contributed by atoms with Crippen LogP contribution in [0.4, 0.5) is 10.5 Å². The first-order chi connectivity index (χ1) is 12.3. The van der Waals surface area contributed by atoms with Crippen LogP contribution in [-0.2, 0) is 4.74 Å². The van der Waals surface area contributed by atoms with Crippen molar-refractivity contribution in [1.82, 2.24) is 19.9 Å². The number of amides is 1. The Bertz CT molecular complexity index is 804. The molecule has 2 aromatic heterocycles. The van der Waals surface area contributed by atoms with Crippen LogP contribution in [0.25, 0.3) is 11.2 Å². The van der Waals surface area contributed by atoms with E-state index >= 15 is 0 Å². The van der Waals surface area contributed by atoms with Crippen LogP contribution < -0.4 is 10.5 Å². The van der Waals surface area contributed by atoms with E-state index < -0.39 is 5.60 Å². The van der Waals surface area contributed by atoms with E-state index in [1.54, 1.807) is 17.2 Å². The van der Waals surface area contributed by atoms with Gasteiger partial charge >= 0.3 is 6.09 Å². The van der Waals surface area contributed by atoms with Crippen LogP contribution in [0.15, 0.2) is 23.3 Å². The van der Waals surface area contributed by atoms with Crippen LogP contribution in [-0.4, -0.2) is 57.7 Å². The van der Waals surface area contributed by atoms with Crippen molar-refractivity contribution in [3.05, 3.63) is 28.8 Å². The number of aromatic nitrogens is 3. The summed E-state index contributed by atoms with van der Waals surface area (Å²) in [4.78, 5) is 39.0. The molecule has 8 heteroatoms. The number of nitrogens with zero attached hydrogens (tertiary/aromatic N) is 4. The molecule has 3 heterocycles. The highest BCUT2D eigenvalue weighted by Crippen LogP contribution is 2.17. The van der Waals surface area contributed by atoms with Crippen molar-refractivity contribution in [3.8, 4) is 0 Å². The number of fused-ring (bicyclic) bond motifs is 1. The molecule has 1 saturated heterocycles. The first-order valence-corrected chi connectivity index (χ1v) is 8.90. The molecule has 0 radical (unpaired) electrons. The molecule has 3 rings (SSSR count). The molecule has 1 aliphatic rings. The number of carbonyl (C=O) groups excluding carboxylic acids is 1. The lowest BCUT2D eigenvalue weighted by molar-refractivity contribution is 0.0240. The van der Waals surface area contributed by atoms with Crippen molar-refractivity contribution >= 4 is 22.9 Å². The maximum atomic E-state index is 12.3. The zero-order chi connectivity index (χ0) is 19.3. The number of piperazine rings is 1. The van der Waals surface area contributed by atoms with Crippen LogP contribution in [0.2, 0.25) is 0 Å². The van der Waals surface area contributed by atoms with Gasteiger partial charge in [-0.25, -0.2) is 9.78 Å². The molecule has 0 spiro atoms. The Hall–Kier alpha value is -2.64. The van der Waals surface area contributed by atoms with Crippen molar-refractivity contribution < 1.29 is 9.53 Å². The fourth-order valence-electron chi connectivity index (χ4n) is 2.61. The fourth-order valence-corrected chi connectivity index (χ4v) is 2.61. The van der Waals surface area contributed by atoms with E-state index in [4.69, 9.17) is 4.74 Å². The van der Waals surface area contributed by atoms with E-state index in [2.05, 4.69) is 15.0 Å². The van der Waals surface area contributed by atoms with E-state index in [0.717, 1.165) is 0 Å². The molecule has 0 bridgehead atoms. The van der Waals surface area contributed by atoms with Gasteiger partial charge in [-0.2, -0.15) is 0 Å². The second kappa shape index (κ2) is 8.16. The predicted octanol–water partition coefficient (Wildman–Crippen LogP) is 2.40. The maximum absolute atomic E-state index is 12.3. The summed E-state index contributed by atoms with van der Waals surface area (Å²) >= 11 is 0. The molecule has 26 heavy (non-hydrogen) atoms. The highest BCUT2D eigenvalue weighted by Gasteiger charge is 2.26. The third-order valence-corrected chi connectivity index (χ3v) is 3.74. The molecule has 0 atom stereocenters. The largest absolute Gasteiger partial charge is 0.444 e. The van der Waals surface area contributed by atoms with Crippen LogP contribution in [0.1, 0.15) is 34.6 Å². The van der Waals surface area contributed by atoms with Gasteiger partial charge in [0, 0.05) is 38.6 Å². The third-order valence-electron chi connectivity index (χ3n) is 3.74. The molecule has 0 saturated carbocycles. The lowest BCUT2D eigenvalue weighted by atomic mass is 10.2.